The Labute approximate surface area is 111 Å². The molecular formula is C14H20F3NO. The van der Waals surface area contributed by atoms with E-state index in [9.17, 15) is 18.3 Å². The molecule has 0 radical (unpaired) electrons. The van der Waals surface area contributed by atoms with Gasteiger partial charge in [0.25, 0.3) is 0 Å². The molecule has 0 saturated carbocycles. The minimum Gasteiger partial charge on any atom is -0.508 e. The molecule has 2 atom stereocenters. The maximum absolute atomic E-state index is 12.0. The standard InChI is InChI=1S/C14H20F3NO/c1-10(5-4-8-14(15,16)17)18-11(2)12-6-3-7-13(19)9-12/h3,6-7,9-11,18-19H,4-5,8H2,1-2H3. The van der Waals surface area contributed by atoms with Crippen molar-refractivity contribution in [2.75, 3.05) is 0 Å². The highest BCUT2D eigenvalue weighted by atomic mass is 19.4. The molecule has 2 nitrogen and oxygen atoms in total. The Hall–Kier alpha value is -1.23. The molecule has 0 fully saturated rings. The van der Waals surface area contributed by atoms with E-state index in [1.54, 1.807) is 18.2 Å². The first-order chi connectivity index (χ1) is 8.78. The summed E-state index contributed by atoms with van der Waals surface area (Å²) in [4.78, 5) is 0. The third kappa shape index (κ3) is 6.47. The zero-order valence-electron chi connectivity index (χ0n) is 11.2. The number of hydrogen-bond donors (Lipinski definition) is 2. The van der Waals surface area contributed by atoms with Crippen molar-refractivity contribution >= 4 is 0 Å². The van der Waals surface area contributed by atoms with E-state index in [-0.39, 0.29) is 24.3 Å². The van der Waals surface area contributed by atoms with Crippen LogP contribution in [0.2, 0.25) is 0 Å². The summed E-state index contributed by atoms with van der Waals surface area (Å²) in [5.41, 5.74) is 0.919. The van der Waals surface area contributed by atoms with Crippen LogP contribution in [0.4, 0.5) is 13.2 Å². The Bertz CT molecular complexity index is 393. The van der Waals surface area contributed by atoms with Gasteiger partial charge in [0.15, 0.2) is 0 Å². The second-order valence-corrected chi connectivity index (χ2v) is 4.89. The topological polar surface area (TPSA) is 32.3 Å². The molecule has 0 heterocycles. The van der Waals surface area contributed by atoms with Crippen LogP contribution >= 0.6 is 0 Å². The normalized spacial score (nSPS) is 15.2. The molecule has 5 heteroatoms. The first-order valence-corrected chi connectivity index (χ1v) is 6.39. The highest BCUT2D eigenvalue weighted by molar-refractivity contribution is 5.29. The van der Waals surface area contributed by atoms with Crippen molar-refractivity contribution in [2.24, 2.45) is 0 Å². The van der Waals surface area contributed by atoms with Crippen molar-refractivity contribution in [3.05, 3.63) is 29.8 Å². The second-order valence-electron chi connectivity index (χ2n) is 4.89. The van der Waals surface area contributed by atoms with E-state index in [0.29, 0.717) is 6.42 Å². The van der Waals surface area contributed by atoms with Gasteiger partial charge in [0.1, 0.15) is 5.75 Å². The fraction of sp³-hybridized carbons (Fsp3) is 0.571. The van der Waals surface area contributed by atoms with Gasteiger partial charge in [0.05, 0.1) is 0 Å². The number of phenols is 1. The summed E-state index contributed by atoms with van der Waals surface area (Å²) in [7, 11) is 0. The van der Waals surface area contributed by atoms with E-state index in [2.05, 4.69) is 5.32 Å². The zero-order valence-corrected chi connectivity index (χ0v) is 11.2. The van der Waals surface area contributed by atoms with Crippen molar-refractivity contribution in [3.8, 4) is 5.75 Å². The number of nitrogens with one attached hydrogen (secondary N) is 1. The molecule has 0 aliphatic rings. The van der Waals surface area contributed by atoms with E-state index in [1.165, 1.54) is 0 Å². The minimum atomic E-state index is -4.07. The predicted octanol–water partition coefficient (Wildman–Crippen LogP) is 4.16. The Kier molecular flexibility index (Phi) is 5.66. The van der Waals surface area contributed by atoms with Gasteiger partial charge in [0, 0.05) is 18.5 Å². The van der Waals surface area contributed by atoms with Gasteiger partial charge in [-0.1, -0.05) is 12.1 Å². The third-order valence-corrected chi connectivity index (χ3v) is 3.00. The van der Waals surface area contributed by atoms with E-state index in [1.807, 2.05) is 19.9 Å². The summed E-state index contributed by atoms with van der Waals surface area (Å²) in [6, 6.07) is 6.85. The maximum atomic E-state index is 12.0. The minimum absolute atomic E-state index is 0.000279. The van der Waals surface area contributed by atoms with Crippen LogP contribution in [0.15, 0.2) is 24.3 Å². The number of halogens is 3. The van der Waals surface area contributed by atoms with Crippen LogP contribution in [0.5, 0.6) is 5.75 Å². The lowest BCUT2D eigenvalue weighted by atomic mass is 10.1. The molecule has 2 N–H and O–H groups in total. The Morgan fingerprint density at radius 1 is 1.26 bits per heavy atom. The molecule has 19 heavy (non-hydrogen) atoms. The van der Waals surface area contributed by atoms with E-state index in [0.717, 1.165) is 5.56 Å². The molecule has 0 bridgehead atoms. The van der Waals surface area contributed by atoms with Gasteiger partial charge in [-0.05, 0) is 44.4 Å². The second kappa shape index (κ2) is 6.80. The fourth-order valence-corrected chi connectivity index (χ4v) is 2.01. The van der Waals surface area contributed by atoms with Crippen LogP contribution in [-0.2, 0) is 0 Å². The number of alkyl halides is 3. The first-order valence-electron chi connectivity index (χ1n) is 6.39. The van der Waals surface area contributed by atoms with Crippen molar-refractivity contribution in [1.82, 2.24) is 5.32 Å². The zero-order chi connectivity index (χ0) is 14.5. The summed E-state index contributed by atoms with van der Waals surface area (Å²) in [5.74, 6) is 0.191. The maximum Gasteiger partial charge on any atom is 0.389 e. The Balaban J connectivity index is 2.38. The van der Waals surface area contributed by atoms with Crippen LogP contribution < -0.4 is 5.32 Å². The average Bonchev–Trinajstić information content (AvgIpc) is 2.27. The molecule has 0 aromatic heterocycles. The smallest absolute Gasteiger partial charge is 0.389 e. The van der Waals surface area contributed by atoms with Crippen LogP contribution in [0.3, 0.4) is 0 Å². The number of phenolic OH excluding ortho intramolecular Hbond substituents is 1. The number of aromatic hydroxyl groups is 1. The molecule has 1 aromatic rings. The van der Waals surface area contributed by atoms with E-state index in [4.69, 9.17) is 0 Å². The van der Waals surface area contributed by atoms with Gasteiger partial charge in [-0.2, -0.15) is 13.2 Å². The van der Waals surface area contributed by atoms with Crippen LogP contribution in [0.1, 0.15) is 44.7 Å². The molecule has 0 amide bonds. The van der Waals surface area contributed by atoms with Gasteiger partial charge in [-0.15, -0.1) is 0 Å². The highest BCUT2D eigenvalue weighted by Gasteiger charge is 2.26. The lowest BCUT2D eigenvalue weighted by molar-refractivity contribution is -0.135. The first kappa shape index (κ1) is 15.8. The van der Waals surface area contributed by atoms with E-state index < -0.39 is 12.6 Å². The van der Waals surface area contributed by atoms with Gasteiger partial charge >= 0.3 is 6.18 Å². The molecule has 0 spiro atoms. The predicted molar refractivity (Wildman–Crippen MR) is 69.0 cm³/mol. The molecule has 1 aromatic carbocycles. The largest absolute Gasteiger partial charge is 0.508 e. The summed E-state index contributed by atoms with van der Waals surface area (Å²) in [5, 5.41) is 12.6. The number of rotatable bonds is 6. The van der Waals surface area contributed by atoms with Gasteiger partial charge < -0.3 is 10.4 Å². The van der Waals surface area contributed by atoms with E-state index >= 15 is 0 Å². The molecule has 1 rings (SSSR count). The lowest BCUT2D eigenvalue weighted by Crippen LogP contribution is -2.29. The van der Waals surface area contributed by atoms with Crippen molar-refractivity contribution in [3.63, 3.8) is 0 Å². The van der Waals surface area contributed by atoms with Crippen molar-refractivity contribution < 1.29 is 18.3 Å². The highest BCUT2D eigenvalue weighted by Crippen LogP contribution is 2.23. The van der Waals surface area contributed by atoms with Crippen LogP contribution in [0, 0.1) is 0 Å². The summed E-state index contributed by atoms with van der Waals surface area (Å²) in [6.45, 7) is 3.80. The molecule has 2 unspecified atom stereocenters. The van der Waals surface area contributed by atoms with Crippen LogP contribution in [0.25, 0.3) is 0 Å². The van der Waals surface area contributed by atoms with Crippen molar-refractivity contribution in [2.45, 2.75) is 51.4 Å². The Morgan fingerprint density at radius 2 is 1.95 bits per heavy atom. The fourth-order valence-electron chi connectivity index (χ4n) is 2.01. The van der Waals surface area contributed by atoms with Crippen LogP contribution in [-0.4, -0.2) is 17.3 Å². The summed E-state index contributed by atoms with van der Waals surface area (Å²) >= 11 is 0. The molecular weight excluding hydrogens is 255 g/mol. The van der Waals surface area contributed by atoms with Gasteiger partial charge in [0.2, 0.25) is 0 Å². The SMILES string of the molecule is CC(CCCC(F)(F)F)NC(C)c1cccc(O)c1. The number of hydrogen-bond acceptors (Lipinski definition) is 2. The lowest BCUT2D eigenvalue weighted by Gasteiger charge is -2.20. The number of benzene rings is 1. The molecule has 0 aliphatic heterocycles. The van der Waals surface area contributed by atoms with Gasteiger partial charge in [-0.3, -0.25) is 0 Å². The van der Waals surface area contributed by atoms with Crippen molar-refractivity contribution in [1.29, 1.82) is 0 Å². The quantitative estimate of drug-likeness (QED) is 0.817. The summed E-state index contributed by atoms with van der Waals surface area (Å²) < 4.78 is 36.1. The molecule has 0 saturated heterocycles. The summed E-state index contributed by atoms with van der Waals surface area (Å²) in [6.07, 6.45) is -4.21. The molecule has 108 valence electrons. The average molecular weight is 275 g/mol. The van der Waals surface area contributed by atoms with Gasteiger partial charge in [-0.25, -0.2) is 0 Å². The molecule has 0 aliphatic carbocycles. The third-order valence-electron chi connectivity index (χ3n) is 3.00. The monoisotopic (exact) mass is 275 g/mol. The Morgan fingerprint density at radius 3 is 2.53 bits per heavy atom.